The second-order valence-electron chi connectivity index (χ2n) is 6.63. The molecule has 22 heavy (non-hydrogen) atoms. The molecule has 0 spiro atoms. The summed E-state index contributed by atoms with van der Waals surface area (Å²) in [4.78, 5) is 16.2. The van der Waals surface area contributed by atoms with E-state index >= 15 is 0 Å². The molecular formula is C17H24N4O. The lowest BCUT2D eigenvalue weighted by molar-refractivity contribution is -0.119. The van der Waals surface area contributed by atoms with Crippen LogP contribution in [0.4, 0.5) is 5.95 Å². The Bertz CT molecular complexity index is 637. The first-order chi connectivity index (χ1) is 10.3. The van der Waals surface area contributed by atoms with Crippen molar-refractivity contribution in [3.05, 3.63) is 29.8 Å². The average molecular weight is 300 g/mol. The first kappa shape index (κ1) is 16.2. The van der Waals surface area contributed by atoms with E-state index < -0.39 is 0 Å². The molecule has 1 aromatic heterocycles. The van der Waals surface area contributed by atoms with E-state index in [-0.39, 0.29) is 17.2 Å². The number of H-pyrrole nitrogens is 1. The standard InChI is InChI=1S/C17H24N4O/c1-6-11(2)15(22)19-16-18-14(20-21-16)12-7-9-13(10-8-12)17(3,4)5/h7-11H,6H2,1-5H3,(H2,18,19,20,21,22)/t11-/m0/s1. The van der Waals surface area contributed by atoms with Crippen molar-refractivity contribution < 1.29 is 4.79 Å². The van der Waals surface area contributed by atoms with Crippen molar-refractivity contribution in [2.45, 2.75) is 46.5 Å². The van der Waals surface area contributed by atoms with Crippen LogP contribution in [0.1, 0.15) is 46.6 Å². The molecule has 2 N–H and O–H groups in total. The Morgan fingerprint density at radius 3 is 2.45 bits per heavy atom. The van der Waals surface area contributed by atoms with Gasteiger partial charge in [-0.05, 0) is 17.4 Å². The highest BCUT2D eigenvalue weighted by Gasteiger charge is 2.15. The van der Waals surface area contributed by atoms with E-state index in [9.17, 15) is 4.79 Å². The van der Waals surface area contributed by atoms with Crippen LogP contribution in [0, 0.1) is 5.92 Å². The lowest BCUT2D eigenvalue weighted by Gasteiger charge is -2.18. The van der Waals surface area contributed by atoms with Crippen LogP contribution < -0.4 is 5.32 Å². The number of carbonyl (C=O) groups excluding carboxylic acids is 1. The zero-order chi connectivity index (χ0) is 16.3. The van der Waals surface area contributed by atoms with E-state index in [0.29, 0.717) is 11.8 Å². The first-order valence-corrected chi connectivity index (χ1v) is 7.65. The number of rotatable bonds is 4. The molecule has 5 heteroatoms. The third-order valence-corrected chi connectivity index (χ3v) is 3.80. The molecule has 0 saturated carbocycles. The zero-order valence-corrected chi connectivity index (χ0v) is 13.9. The third kappa shape index (κ3) is 3.72. The summed E-state index contributed by atoms with van der Waals surface area (Å²) in [5.41, 5.74) is 2.33. The topological polar surface area (TPSA) is 70.7 Å². The van der Waals surface area contributed by atoms with Crippen LogP contribution in [0.15, 0.2) is 24.3 Å². The molecule has 0 aliphatic rings. The van der Waals surface area contributed by atoms with Gasteiger partial charge in [-0.15, -0.1) is 5.10 Å². The molecule has 0 radical (unpaired) electrons. The molecular weight excluding hydrogens is 276 g/mol. The van der Waals surface area contributed by atoms with Gasteiger partial charge in [0, 0.05) is 11.5 Å². The SMILES string of the molecule is CC[C@H](C)C(=O)Nc1n[nH]c(-c2ccc(C(C)(C)C)cc2)n1. The van der Waals surface area contributed by atoms with Gasteiger partial charge in [0.2, 0.25) is 11.9 Å². The number of hydrogen-bond donors (Lipinski definition) is 2. The highest BCUT2D eigenvalue weighted by Crippen LogP contribution is 2.25. The second kappa shape index (κ2) is 6.30. The van der Waals surface area contributed by atoms with E-state index in [2.05, 4.69) is 53.4 Å². The Hall–Kier alpha value is -2.17. The molecule has 0 unspecified atom stereocenters. The minimum atomic E-state index is -0.0591. The number of benzene rings is 1. The summed E-state index contributed by atoms with van der Waals surface area (Å²) in [6.07, 6.45) is 0.789. The number of anilines is 1. The van der Waals surface area contributed by atoms with E-state index in [1.165, 1.54) is 5.56 Å². The van der Waals surface area contributed by atoms with Crippen LogP contribution in [0.25, 0.3) is 11.4 Å². The predicted octanol–water partition coefficient (Wildman–Crippen LogP) is 3.75. The smallest absolute Gasteiger partial charge is 0.249 e. The molecule has 0 fully saturated rings. The summed E-state index contributed by atoms with van der Waals surface area (Å²) in [6.45, 7) is 10.4. The lowest BCUT2D eigenvalue weighted by Crippen LogP contribution is -2.20. The minimum Gasteiger partial charge on any atom is -0.293 e. The van der Waals surface area contributed by atoms with Crippen molar-refractivity contribution >= 4 is 11.9 Å². The van der Waals surface area contributed by atoms with Crippen molar-refractivity contribution in [1.82, 2.24) is 15.2 Å². The molecule has 1 atom stereocenters. The average Bonchev–Trinajstić information content (AvgIpc) is 2.94. The number of amides is 1. The fraction of sp³-hybridized carbons (Fsp3) is 0.471. The molecule has 1 aromatic carbocycles. The Morgan fingerprint density at radius 1 is 1.27 bits per heavy atom. The summed E-state index contributed by atoms with van der Waals surface area (Å²) in [7, 11) is 0. The number of aromatic amines is 1. The molecule has 2 aromatic rings. The summed E-state index contributed by atoms with van der Waals surface area (Å²) in [5.74, 6) is 0.865. The maximum atomic E-state index is 11.8. The van der Waals surface area contributed by atoms with E-state index in [1.807, 2.05) is 26.0 Å². The van der Waals surface area contributed by atoms with Crippen LogP contribution in [0.5, 0.6) is 0 Å². The van der Waals surface area contributed by atoms with Gasteiger partial charge in [-0.2, -0.15) is 4.98 Å². The van der Waals surface area contributed by atoms with Gasteiger partial charge in [-0.3, -0.25) is 15.2 Å². The van der Waals surface area contributed by atoms with Crippen molar-refractivity contribution in [2.24, 2.45) is 5.92 Å². The van der Waals surface area contributed by atoms with Crippen LogP contribution in [-0.2, 0) is 10.2 Å². The normalized spacial score (nSPS) is 13.0. The van der Waals surface area contributed by atoms with Gasteiger partial charge < -0.3 is 0 Å². The van der Waals surface area contributed by atoms with E-state index in [0.717, 1.165) is 12.0 Å². The first-order valence-electron chi connectivity index (χ1n) is 7.65. The second-order valence-corrected chi connectivity index (χ2v) is 6.63. The largest absolute Gasteiger partial charge is 0.293 e. The quantitative estimate of drug-likeness (QED) is 0.903. The summed E-state index contributed by atoms with van der Waals surface area (Å²) in [6, 6.07) is 8.22. The molecule has 118 valence electrons. The maximum absolute atomic E-state index is 11.8. The Labute approximate surface area is 131 Å². The van der Waals surface area contributed by atoms with Crippen LogP contribution >= 0.6 is 0 Å². The highest BCUT2D eigenvalue weighted by atomic mass is 16.2. The van der Waals surface area contributed by atoms with E-state index in [4.69, 9.17) is 0 Å². The molecule has 5 nitrogen and oxygen atoms in total. The Kier molecular flexibility index (Phi) is 4.64. The number of aromatic nitrogens is 3. The van der Waals surface area contributed by atoms with Crippen molar-refractivity contribution in [3.63, 3.8) is 0 Å². The fourth-order valence-corrected chi connectivity index (χ4v) is 1.99. The van der Waals surface area contributed by atoms with Gasteiger partial charge in [0.1, 0.15) is 0 Å². The lowest BCUT2D eigenvalue weighted by atomic mass is 9.87. The number of nitrogens with one attached hydrogen (secondary N) is 2. The number of hydrogen-bond acceptors (Lipinski definition) is 3. The van der Waals surface area contributed by atoms with Crippen LogP contribution in [0.3, 0.4) is 0 Å². The molecule has 0 aliphatic carbocycles. The maximum Gasteiger partial charge on any atom is 0.249 e. The van der Waals surface area contributed by atoms with Crippen molar-refractivity contribution in [2.75, 3.05) is 5.32 Å². The molecule has 0 bridgehead atoms. The zero-order valence-electron chi connectivity index (χ0n) is 13.9. The number of carbonyl (C=O) groups is 1. The number of nitrogens with zero attached hydrogens (tertiary/aromatic N) is 2. The molecule has 1 amide bonds. The third-order valence-electron chi connectivity index (χ3n) is 3.80. The van der Waals surface area contributed by atoms with Crippen molar-refractivity contribution in [1.29, 1.82) is 0 Å². The summed E-state index contributed by atoms with van der Waals surface area (Å²) < 4.78 is 0. The fourth-order valence-electron chi connectivity index (χ4n) is 1.99. The Balaban J connectivity index is 2.13. The predicted molar refractivity (Wildman–Crippen MR) is 88.6 cm³/mol. The molecule has 0 aliphatic heterocycles. The molecule has 0 saturated heterocycles. The molecule has 2 rings (SSSR count). The van der Waals surface area contributed by atoms with Crippen LogP contribution in [0.2, 0.25) is 0 Å². The molecule has 1 heterocycles. The Morgan fingerprint density at radius 2 is 1.91 bits per heavy atom. The minimum absolute atomic E-state index is 0.0481. The highest BCUT2D eigenvalue weighted by molar-refractivity contribution is 5.90. The summed E-state index contributed by atoms with van der Waals surface area (Å²) in [5, 5.41) is 9.65. The van der Waals surface area contributed by atoms with Gasteiger partial charge in [0.05, 0.1) is 0 Å². The van der Waals surface area contributed by atoms with Crippen LogP contribution in [-0.4, -0.2) is 21.1 Å². The van der Waals surface area contributed by atoms with Crippen molar-refractivity contribution in [3.8, 4) is 11.4 Å². The summed E-state index contributed by atoms with van der Waals surface area (Å²) >= 11 is 0. The van der Waals surface area contributed by atoms with Gasteiger partial charge >= 0.3 is 0 Å². The van der Waals surface area contributed by atoms with E-state index in [1.54, 1.807) is 0 Å². The monoisotopic (exact) mass is 300 g/mol. The van der Waals surface area contributed by atoms with Gasteiger partial charge in [-0.25, -0.2) is 0 Å². The van der Waals surface area contributed by atoms with Gasteiger partial charge in [-0.1, -0.05) is 58.9 Å². The van der Waals surface area contributed by atoms with Gasteiger partial charge in [0.15, 0.2) is 5.82 Å². The van der Waals surface area contributed by atoms with Gasteiger partial charge in [0.25, 0.3) is 0 Å².